The maximum Gasteiger partial charge on any atom is 0.322 e. The fourth-order valence-corrected chi connectivity index (χ4v) is 3.81. The van der Waals surface area contributed by atoms with Gasteiger partial charge in [0.15, 0.2) is 0 Å². The Labute approximate surface area is 162 Å². The first kappa shape index (κ1) is 17.6. The summed E-state index contributed by atoms with van der Waals surface area (Å²) < 4.78 is 15.5. The first-order chi connectivity index (χ1) is 13.1. The van der Waals surface area contributed by atoms with Crippen LogP contribution in [-0.4, -0.2) is 15.5 Å². The van der Waals surface area contributed by atoms with Gasteiger partial charge in [0.05, 0.1) is 23.3 Å². The molecule has 1 unspecified atom stereocenters. The second-order valence-corrected chi connectivity index (χ2v) is 6.95. The van der Waals surface area contributed by atoms with Gasteiger partial charge in [-0.05, 0) is 48.4 Å². The van der Waals surface area contributed by atoms with Crippen LogP contribution in [0.5, 0.6) is 0 Å². The van der Waals surface area contributed by atoms with E-state index in [1.807, 2.05) is 41.4 Å². The standard InChI is InChI=1S/C21H19ClFN3O/c1-2-18-20-8-5-11-25(20)19-7-4-3-6-14(19)13-26(18)21(27)24-15-9-10-17(23)16(22)12-15/h3-12,18H,2,13H2,1H3,(H,24,27). The molecule has 1 atom stereocenters. The van der Waals surface area contributed by atoms with Crippen molar-refractivity contribution in [3.63, 3.8) is 0 Å². The summed E-state index contributed by atoms with van der Waals surface area (Å²) in [6.07, 6.45) is 2.80. The summed E-state index contributed by atoms with van der Waals surface area (Å²) in [6, 6.07) is 16.0. The van der Waals surface area contributed by atoms with E-state index in [0.717, 1.165) is 23.4 Å². The maximum absolute atomic E-state index is 13.4. The molecule has 2 heterocycles. The zero-order valence-corrected chi connectivity index (χ0v) is 15.6. The van der Waals surface area contributed by atoms with Crippen LogP contribution in [0.25, 0.3) is 5.69 Å². The van der Waals surface area contributed by atoms with Crippen molar-refractivity contribution >= 4 is 23.3 Å². The molecule has 1 aromatic heterocycles. The molecule has 0 radical (unpaired) electrons. The van der Waals surface area contributed by atoms with E-state index in [1.165, 1.54) is 18.2 Å². The minimum atomic E-state index is -0.511. The summed E-state index contributed by atoms with van der Waals surface area (Å²) in [5.74, 6) is -0.511. The molecule has 0 fully saturated rings. The van der Waals surface area contributed by atoms with Crippen LogP contribution in [0.1, 0.15) is 30.6 Å². The number of para-hydroxylation sites is 1. The summed E-state index contributed by atoms with van der Waals surface area (Å²) in [5, 5.41) is 2.83. The highest BCUT2D eigenvalue weighted by atomic mass is 35.5. The lowest BCUT2D eigenvalue weighted by molar-refractivity contribution is 0.181. The molecule has 2 aromatic carbocycles. The predicted octanol–water partition coefficient (Wildman–Crippen LogP) is 5.77. The Balaban J connectivity index is 1.71. The molecule has 0 saturated carbocycles. The second-order valence-electron chi connectivity index (χ2n) is 6.54. The van der Waals surface area contributed by atoms with Gasteiger partial charge >= 0.3 is 6.03 Å². The van der Waals surface area contributed by atoms with Crippen molar-refractivity contribution < 1.29 is 9.18 Å². The highest BCUT2D eigenvalue weighted by Crippen LogP contribution is 2.34. The highest BCUT2D eigenvalue weighted by Gasteiger charge is 2.30. The number of rotatable bonds is 2. The van der Waals surface area contributed by atoms with Gasteiger partial charge in [-0.3, -0.25) is 0 Å². The van der Waals surface area contributed by atoms with Crippen molar-refractivity contribution in [3.8, 4) is 5.69 Å². The predicted molar refractivity (Wildman–Crippen MR) is 105 cm³/mol. The molecule has 138 valence electrons. The van der Waals surface area contributed by atoms with Gasteiger partial charge in [-0.1, -0.05) is 36.7 Å². The zero-order chi connectivity index (χ0) is 19.0. The van der Waals surface area contributed by atoms with Gasteiger partial charge < -0.3 is 14.8 Å². The van der Waals surface area contributed by atoms with Crippen LogP contribution >= 0.6 is 11.6 Å². The number of hydrogen-bond acceptors (Lipinski definition) is 1. The van der Waals surface area contributed by atoms with Gasteiger partial charge in [-0.25, -0.2) is 9.18 Å². The van der Waals surface area contributed by atoms with Gasteiger partial charge in [-0.2, -0.15) is 0 Å². The van der Waals surface area contributed by atoms with Gasteiger partial charge in [0.25, 0.3) is 0 Å². The van der Waals surface area contributed by atoms with E-state index in [9.17, 15) is 9.18 Å². The molecule has 1 aliphatic heterocycles. The molecule has 1 aliphatic rings. The number of nitrogens with one attached hydrogen (secondary N) is 1. The quantitative estimate of drug-likeness (QED) is 0.599. The van der Waals surface area contributed by atoms with Crippen LogP contribution < -0.4 is 5.32 Å². The monoisotopic (exact) mass is 383 g/mol. The van der Waals surface area contributed by atoms with E-state index < -0.39 is 5.82 Å². The Bertz CT molecular complexity index is 1000. The van der Waals surface area contributed by atoms with Gasteiger partial charge in [0, 0.05) is 17.6 Å². The van der Waals surface area contributed by atoms with Crippen LogP contribution in [0.3, 0.4) is 0 Å². The molecule has 3 aromatic rings. The number of urea groups is 1. The van der Waals surface area contributed by atoms with Crippen molar-refractivity contribution in [2.45, 2.75) is 25.9 Å². The third-order valence-electron chi connectivity index (χ3n) is 4.91. The van der Waals surface area contributed by atoms with Crippen molar-refractivity contribution in [1.29, 1.82) is 0 Å². The van der Waals surface area contributed by atoms with Crippen LogP contribution in [0.2, 0.25) is 5.02 Å². The lowest BCUT2D eigenvalue weighted by atomic mass is 10.1. The average Bonchev–Trinajstić information content (AvgIpc) is 3.09. The largest absolute Gasteiger partial charge is 0.322 e. The Morgan fingerprint density at radius 3 is 2.81 bits per heavy atom. The SMILES string of the molecule is CCC1c2cccn2-c2ccccc2CN1C(=O)Nc1ccc(F)c(Cl)c1. The third kappa shape index (κ3) is 3.19. The van der Waals surface area contributed by atoms with E-state index in [0.29, 0.717) is 12.2 Å². The molecular formula is C21H19ClFN3O. The van der Waals surface area contributed by atoms with Crippen molar-refractivity contribution in [2.75, 3.05) is 5.32 Å². The average molecular weight is 384 g/mol. The van der Waals surface area contributed by atoms with E-state index >= 15 is 0 Å². The molecule has 2 amide bonds. The molecule has 4 rings (SSSR count). The fraction of sp³-hybridized carbons (Fsp3) is 0.190. The van der Waals surface area contributed by atoms with Crippen molar-refractivity contribution in [3.05, 3.63) is 82.9 Å². The third-order valence-corrected chi connectivity index (χ3v) is 5.20. The smallest absolute Gasteiger partial charge is 0.318 e. The van der Waals surface area contributed by atoms with Crippen LogP contribution in [0, 0.1) is 5.82 Å². The lowest BCUT2D eigenvalue weighted by Crippen LogP contribution is -2.37. The molecule has 0 saturated heterocycles. The number of nitrogens with zero attached hydrogens (tertiary/aromatic N) is 2. The first-order valence-electron chi connectivity index (χ1n) is 8.86. The van der Waals surface area contributed by atoms with E-state index in [1.54, 1.807) is 0 Å². The molecule has 0 spiro atoms. The Morgan fingerprint density at radius 1 is 1.22 bits per heavy atom. The Hall–Kier alpha value is -2.79. The summed E-state index contributed by atoms with van der Waals surface area (Å²) >= 11 is 5.84. The van der Waals surface area contributed by atoms with E-state index in [4.69, 9.17) is 11.6 Å². The number of carbonyl (C=O) groups excluding carboxylic acids is 1. The lowest BCUT2D eigenvalue weighted by Gasteiger charge is -2.29. The van der Waals surface area contributed by atoms with Crippen LogP contribution in [0.4, 0.5) is 14.9 Å². The molecule has 4 nitrogen and oxygen atoms in total. The topological polar surface area (TPSA) is 37.3 Å². The van der Waals surface area contributed by atoms with E-state index in [2.05, 4.69) is 22.9 Å². The number of carbonyl (C=O) groups is 1. The van der Waals surface area contributed by atoms with Gasteiger partial charge in [-0.15, -0.1) is 0 Å². The van der Waals surface area contributed by atoms with Crippen LogP contribution in [0.15, 0.2) is 60.8 Å². The van der Waals surface area contributed by atoms with E-state index in [-0.39, 0.29) is 17.1 Å². The number of aromatic nitrogens is 1. The first-order valence-corrected chi connectivity index (χ1v) is 9.24. The number of anilines is 1. The summed E-state index contributed by atoms with van der Waals surface area (Å²) in [5.41, 5.74) is 3.68. The molecular weight excluding hydrogens is 365 g/mol. The normalized spacial score (nSPS) is 15.7. The number of halogens is 2. The van der Waals surface area contributed by atoms with Crippen molar-refractivity contribution in [2.24, 2.45) is 0 Å². The summed E-state index contributed by atoms with van der Waals surface area (Å²) in [6.45, 7) is 2.55. The fourth-order valence-electron chi connectivity index (χ4n) is 3.63. The minimum absolute atomic E-state index is 0.0186. The number of fused-ring (bicyclic) bond motifs is 3. The molecule has 6 heteroatoms. The molecule has 1 N–H and O–H groups in total. The minimum Gasteiger partial charge on any atom is -0.318 e. The number of benzene rings is 2. The second kappa shape index (κ2) is 7.08. The van der Waals surface area contributed by atoms with Crippen molar-refractivity contribution in [1.82, 2.24) is 9.47 Å². The maximum atomic E-state index is 13.4. The summed E-state index contributed by atoms with van der Waals surface area (Å²) in [4.78, 5) is 14.9. The van der Waals surface area contributed by atoms with Crippen LogP contribution in [-0.2, 0) is 6.54 Å². The van der Waals surface area contributed by atoms with Gasteiger partial charge in [0.2, 0.25) is 0 Å². The number of hydrogen-bond donors (Lipinski definition) is 1. The molecule has 27 heavy (non-hydrogen) atoms. The summed E-state index contributed by atoms with van der Waals surface area (Å²) in [7, 11) is 0. The Kier molecular flexibility index (Phi) is 4.62. The van der Waals surface area contributed by atoms with Gasteiger partial charge in [0.1, 0.15) is 5.82 Å². The molecule has 0 bridgehead atoms. The molecule has 0 aliphatic carbocycles. The Morgan fingerprint density at radius 2 is 2.04 bits per heavy atom. The number of amides is 2. The highest BCUT2D eigenvalue weighted by molar-refractivity contribution is 6.31. The zero-order valence-electron chi connectivity index (χ0n) is 14.8.